The summed E-state index contributed by atoms with van der Waals surface area (Å²) in [7, 11) is 0. The molecule has 1 saturated carbocycles. The molecule has 1 aliphatic carbocycles. The molecule has 1 saturated heterocycles. The first-order chi connectivity index (χ1) is 11.5. The second-order valence-electron chi connectivity index (χ2n) is 7.00. The highest BCUT2D eigenvalue weighted by Crippen LogP contribution is 2.26. The van der Waals surface area contributed by atoms with Crippen molar-refractivity contribution in [3.05, 3.63) is 0 Å². The predicted octanol–water partition coefficient (Wildman–Crippen LogP) is 1.21. The van der Waals surface area contributed by atoms with Gasteiger partial charge in [-0.3, -0.25) is 14.4 Å². The quantitative estimate of drug-likeness (QED) is 0.646. The third kappa shape index (κ3) is 6.11. The molecule has 0 atom stereocenters. The minimum absolute atomic E-state index is 0.101. The van der Waals surface area contributed by atoms with E-state index in [-0.39, 0.29) is 24.8 Å². The number of rotatable bonds is 7. The summed E-state index contributed by atoms with van der Waals surface area (Å²) in [6.07, 6.45) is 7.07. The monoisotopic (exact) mass is 340 g/mol. The molecule has 0 unspecified atom stereocenters. The highest BCUT2D eigenvalue weighted by atomic mass is 16.5. The van der Waals surface area contributed by atoms with Crippen molar-refractivity contribution in [3.8, 4) is 0 Å². The molecule has 136 valence electrons. The maximum atomic E-state index is 12.1. The molecule has 1 heterocycles. The van der Waals surface area contributed by atoms with Crippen LogP contribution >= 0.6 is 0 Å². The zero-order valence-corrected chi connectivity index (χ0v) is 14.1. The number of hydrogen-bond acceptors (Lipinski definition) is 4. The molecule has 0 aromatic rings. The smallest absolute Gasteiger partial charge is 0.305 e. The van der Waals surface area contributed by atoms with E-state index in [4.69, 9.17) is 9.84 Å². The van der Waals surface area contributed by atoms with Crippen molar-refractivity contribution in [2.75, 3.05) is 19.8 Å². The number of carboxylic acids is 1. The van der Waals surface area contributed by atoms with Crippen LogP contribution in [0.4, 0.5) is 0 Å². The van der Waals surface area contributed by atoms with Gasteiger partial charge in [0.1, 0.15) is 0 Å². The normalized spacial score (nSPS) is 21.0. The second kappa shape index (κ2) is 9.01. The fourth-order valence-corrected chi connectivity index (χ4v) is 3.64. The average Bonchev–Trinajstić information content (AvgIpc) is 2.54. The van der Waals surface area contributed by atoms with Gasteiger partial charge in [0.25, 0.3) is 0 Å². The second-order valence-corrected chi connectivity index (χ2v) is 7.00. The molecule has 2 rings (SSSR count). The molecule has 3 N–H and O–H groups in total. The summed E-state index contributed by atoms with van der Waals surface area (Å²) in [6, 6.07) is 0. The number of amides is 2. The summed E-state index contributed by atoms with van der Waals surface area (Å²) in [6.45, 7) is 0.761. The van der Waals surface area contributed by atoms with Gasteiger partial charge in [0, 0.05) is 19.6 Å². The molecule has 0 aromatic carbocycles. The molecular formula is C17H28N2O5. The maximum Gasteiger partial charge on any atom is 0.305 e. The van der Waals surface area contributed by atoms with Crippen molar-refractivity contribution in [1.82, 2.24) is 10.6 Å². The van der Waals surface area contributed by atoms with Gasteiger partial charge in [-0.25, -0.2) is 0 Å². The zero-order chi connectivity index (χ0) is 17.4. The van der Waals surface area contributed by atoms with Crippen molar-refractivity contribution in [1.29, 1.82) is 0 Å². The first-order valence-corrected chi connectivity index (χ1v) is 8.86. The fourth-order valence-electron chi connectivity index (χ4n) is 3.64. The van der Waals surface area contributed by atoms with E-state index in [1.165, 1.54) is 19.3 Å². The van der Waals surface area contributed by atoms with E-state index in [1.807, 2.05) is 0 Å². The van der Waals surface area contributed by atoms with Crippen molar-refractivity contribution in [2.45, 2.75) is 63.3 Å². The minimum Gasteiger partial charge on any atom is -0.481 e. The Labute approximate surface area is 142 Å². The molecule has 7 nitrogen and oxygen atoms in total. The van der Waals surface area contributed by atoms with E-state index in [2.05, 4.69) is 10.6 Å². The summed E-state index contributed by atoms with van der Waals surface area (Å²) in [5, 5.41) is 14.6. The van der Waals surface area contributed by atoms with E-state index >= 15 is 0 Å². The molecule has 1 aliphatic heterocycles. The topological polar surface area (TPSA) is 105 Å². The summed E-state index contributed by atoms with van der Waals surface area (Å²) in [5.74, 6) is -0.958. The average molecular weight is 340 g/mol. The Balaban J connectivity index is 1.75. The van der Waals surface area contributed by atoms with Gasteiger partial charge in [-0.05, 0) is 31.6 Å². The Morgan fingerprint density at radius 2 is 1.71 bits per heavy atom. The number of nitrogens with one attached hydrogen (secondary N) is 2. The number of hydrogen-bond donors (Lipinski definition) is 3. The first-order valence-electron chi connectivity index (χ1n) is 8.86. The van der Waals surface area contributed by atoms with Gasteiger partial charge >= 0.3 is 5.97 Å². The van der Waals surface area contributed by atoms with Gasteiger partial charge in [-0.15, -0.1) is 0 Å². The van der Waals surface area contributed by atoms with E-state index in [0.29, 0.717) is 38.4 Å². The molecule has 7 heteroatoms. The van der Waals surface area contributed by atoms with E-state index in [1.54, 1.807) is 0 Å². The molecule has 2 amide bonds. The van der Waals surface area contributed by atoms with Gasteiger partial charge < -0.3 is 20.5 Å². The van der Waals surface area contributed by atoms with Crippen LogP contribution in [0.3, 0.4) is 0 Å². The van der Waals surface area contributed by atoms with Crippen LogP contribution in [-0.2, 0) is 19.1 Å². The largest absolute Gasteiger partial charge is 0.481 e. The lowest BCUT2D eigenvalue weighted by Crippen LogP contribution is -2.55. The summed E-state index contributed by atoms with van der Waals surface area (Å²) >= 11 is 0. The standard InChI is InChI=1S/C17H28N2O5/c20-14(10-13-4-2-1-3-5-13)18-12-15(21)19-17(11-16(22)23)6-8-24-9-7-17/h13H,1-12H2,(H,18,20)(H,19,21)(H,22,23). The molecule has 0 aromatic heterocycles. The van der Waals surface area contributed by atoms with Crippen LogP contribution in [0.1, 0.15) is 57.8 Å². The Kier molecular flexibility index (Phi) is 7.02. The molecule has 2 aliphatic rings. The lowest BCUT2D eigenvalue weighted by atomic mass is 9.86. The first kappa shape index (κ1) is 18.7. The molecule has 0 radical (unpaired) electrons. The van der Waals surface area contributed by atoms with E-state index in [9.17, 15) is 14.4 Å². The van der Waals surface area contributed by atoms with Gasteiger partial charge in [0.15, 0.2) is 0 Å². The highest BCUT2D eigenvalue weighted by molar-refractivity contribution is 5.85. The number of aliphatic carboxylic acids is 1. The van der Waals surface area contributed by atoms with Crippen LogP contribution in [0, 0.1) is 5.92 Å². The van der Waals surface area contributed by atoms with Gasteiger partial charge in [0.05, 0.1) is 18.5 Å². The lowest BCUT2D eigenvalue weighted by molar-refractivity contribution is -0.140. The number of carbonyl (C=O) groups is 3. The van der Waals surface area contributed by atoms with Crippen LogP contribution in [-0.4, -0.2) is 48.2 Å². The summed E-state index contributed by atoms with van der Waals surface area (Å²) < 4.78 is 5.26. The summed E-state index contributed by atoms with van der Waals surface area (Å²) in [5.41, 5.74) is -0.769. The zero-order valence-electron chi connectivity index (χ0n) is 14.1. The van der Waals surface area contributed by atoms with Gasteiger partial charge in [-0.2, -0.15) is 0 Å². The van der Waals surface area contributed by atoms with Crippen molar-refractivity contribution in [3.63, 3.8) is 0 Å². The van der Waals surface area contributed by atoms with Crippen molar-refractivity contribution in [2.24, 2.45) is 5.92 Å². The highest BCUT2D eigenvalue weighted by Gasteiger charge is 2.36. The predicted molar refractivity (Wildman–Crippen MR) is 87.4 cm³/mol. The Morgan fingerprint density at radius 1 is 1.04 bits per heavy atom. The maximum absolute atomic E-state index is 12.1. The molecule has 0 spiro atoms. The molecule has 24 heavy (non-hydrogen) atoms. The summed E-state index contributed by atoms with van der Waals surface area (Å²) in [4.78, 5) is 35.2. The Hall–Kier alpha value is -1.63. The number of ether oxygens (including phenoxy) is 1. The van der Waals surface area contributed by atoms with Crippen LogP contribution in [0.15, 0.2) is 0 Å². The number of carbonyl (C=O) groups excluding carboxylic acids is 2. The van der Waals surface area contributed by atoms with Crippen LogP contribution < -0.4 is 10.6 Å². The molecule has 2 fully saturated rings. The van der Waals surface area contributed by atoms with Crippen LogP contribution in [0.5, 0.6) is 0 Å². The van der Waals surface area contributed by atoms with Gasteiger partial charge in [-0.1, -0.05) is 19.3 Å². The van der Waals surface area contributed by atoms with Crippen LogP contribution in [0.25, 0.3) is 0 Å². The number of carboxylic acid groups (broad SMARTS) is 1. The molecule has 0 bridgehead atoms. The lowest BCUT2D eigenvalue weighted by Gasteiger charge is -2.36. The SMILES string of the molecule is O=C(O)CC1(NC(=O)CNC(=O)CC2CCCCC2)CCOCC1. The van der Waals surface area contributed by atoms with E-state index in [0.717, 1.165) is 12.8 Å². The third-order valence-corrected chi connectivity index (χ3v) is 4.99. The fraction of sp³-hybridized carbons (Fsp3) is 0.824. The molecular weight excluding hydrogens is 312 g/mol. The Morgan fingerprint density at radius 3 is 2.33 bits per heavy atom. The Bertz CT molecular complexity index is 454. The van der Waals surface area contributed by atoms with E-state index < -0.39 is 11.5 Å². The van der Waals surface area contributed by atoms with Gasteiger partial charge in [0.2, 0.25) is 11.8 Å². The third-order valence-electron chi connectivity index (χ3n) is 4.99. The van der Waals surface area contributed by atoms with Crippen LogP contribution in [0.2, 0.25) is 0 Å². The van der Waals surface area contributed by atoms with Crippen molar-refractivity contribution < 1.29 is 24.2 Å². The van der Waals surface area contributed by atoms with Crippen molar-refractivity contribution >= 4 is 17.8 Å². The minimum atomic E-state index is -0.946.